The first kappa shape index (κ1) is 23.6. The van der Waals surface area contributed by atoms with Gasteiger partial charge in [-0.2, -0.15) is 18.3 Å². The van der Waals surface area contributed by atoms with Gasteiger partial charge in [0.2, 0.25) is 0 Å². The second kappa shape index (κ2) is 8.65. The maximum absolute atomic E-state index is 12.9. The van der Waals surface area contributed by atoms with Gasteiger partial charge in [-0.15, -0.1) is 0 Å². The van der Waals surface area contributed by atoms with Gasteiger partial charge in [-0.05, 0) is 54.4 Å². The summed E-state index contributed by atoms with van der Waals surface area (Å²) in [6.07, 6.45) is 1.42. The summed E-state index contributed by atoms with van der Waals surface area (Å²) in [7, 11) is 3.50. The maximum Gasteiger partial charge on any atom is 0.406 e. The summed E-state index contributed by atoms with van der Waals surface area (Å²) in [5.74, 6) is -0.415. The molecule has 1 amide bonds. The molecule has 2 aliphatic rings. The summed E-state index contributed by atoms with van der Waals surface area (Å²) < 4.78 is 52.2. The summed E-state index contributed by atoms with van der Waals surface area (Å²) in [4.78, 5) is 15.9. The Bertz CT molecular complexity index is 1480. The van der Waals surface area contributed by atoms with Crippen LogP contribution in [0.4, 0.5) is 13.2 Å². The Labute approximate surface area is 211 Å². The van der Waals surface area contributed by atoms with Gasteiger partial charge in [-0.3, -0.25) is 9.48 Å². The standard InChI is InChI=1S/C27H25F3N4O3/c1-32-12-20(13-32)34-11-19(10-31-34)16-3-4-21-22(14-37-23(21)8-16)18-7-17-5-6-33(15-27(28,29)30)26(35)25(17)24(9-18)36-2/h3-4,7-11,14,20H,5-6,12-13,15H2,1-2H3. The number of benzene rings is 2. The average Bonchev–Trinajstić information content (AvgIpc) is 3.49. The zero-order chi connectivity index (χ0) is 25.9. The molecule has 2 aromatic carbocycles. The Hall–Kier alpha value is -3.79. The molecule has 0 atom stereocenters. The number of carbonyl (C=O) groups is 1. The lowest BCUT2D eigenvalue weighted by Crippen LogP contribution is -2.45. The number of rotatable bonds is 5. The molecule has 2 aromatic heterocycles. The number of alkyl halides is 3. The Balaban J connectivity index is 1.31. The van der Waals surface area contributed by atoms with Gasteiger partial charge in [0, 0.05) is 42.3 Å². The number of furan rings is 1. The van der Waals surface area contributed by atoms with E-state index in [1.165, 1.54) is 7.11 Å². The van der Waals surface area contributed by atoms with Crippen molar-refractivity contribution in [2.45, 2.75) is 18.6 Å². The van der Waals surface area contributed by atoms with Gasteiger partial charge < -0.3 is 19.0 Å². The molecule has 7 nitrogen and oxygen atoms in total. The van der Waals surface area contributed by atoms with Crippen LogP contribution in [0, 0.1) is 0 Å². The van der Waals surface area contributed by atoms with Crippen molar-refractivity contribution in [1.82, 2.24) is 19.6 Å². The fraction of sp³-hybridized carbons (Fsp3) is 0.333. The molecule has 0 spiro atoms. The molecule has 6 rings (SSSR count). The predicted molar refractivity (Wildman–Crippen MR) is 132 cm³/mol. The normalized spacial score (nSPS) is 16.8. The van der Waals surface area contributed by atoms with E-state index < -0.39 is 18.6 Å². The van der Waals surface area contributed by atoms with E-state index in [0.717, 1.165) is 45.6 Å². The molecule has 0 unspecified atom stereocenters. The number of methoxy groups -OCH3 is 1. The van der Waals surface area contributed by atoms with Crippen molar-refractivity contribution < 1.29 is 27.1 Å². The third kappa shape index (κ3) is 4.25. The highest BCUT2D eigenvalue weighted by molar-refractivity contribution is 6.02. The second-order valence-corrected chi connectivity index (χ2v) is 9.75. The van der Waals surface area contributed by atoms with Crippen LogP contribution in [0.3, 0.4) is 0 Å². The van der Waals surface area contributed by atoms with Gasteiger partial charge in [0.1, 0.15) is 17.9 Å². The highest BCUT2D eigenvalue weighted by Gasteiger charge is 2.37. The summed E-state index contributed by atoms with van der Waals surface area (Å²) in [5.41, 5.74) is 5.15. The van der Waals surface area contributed by atoms with E-state index in [2.05, 4.69) is 23.2 Å². The van der Waals surface area contributed by atoms with E-state index in [1.807, 2.05) is 35.1 Å². The minimum absolute atomic E-state index is 0.00171. The summed E-state index contributed by atoms with van der Waals surface area (Å²) >= 11 is 0. The van der Waals surface area contributed by atoms with Crippen LogP contribution in [-0.2, 0) is 6.42 Å². The van der Waals surface area contributed by atoms with E-state index >= 15 is 0 Å². The molecule has 10 heteroatoms. The molecule has 0 N–H and O–H groups in total. The lowest BCUT2D eigenvalue weighted by Gasteiger charge is -2.36. The van der Waals surface area contributed by atoms with Crippen LogP contribution < -0.4 is 4.74 Å². The second-order valence-electron chi connectivity index (χ2n) is 9.75. The quantitative estimate of drug-likeness (QED) is 0.377. The van der Waals surface area contributed by atoms with E-state index in [4.69, 9.17) is 9.15 Å². The highest BCUT2D eigenvalue weighted by Crippen LogP contribution is 2.39. The van der Waals surface area contributed by atoms with Crippen molar-refractivity contribution in [3.8, 4) is 28.0 Å². The Morgan fingerprint density at radius 2 is 1.95 bits per heavy atom. The first-order chi connectivity index (χ1) is 17.7. The van der Waals surface area contributed by atoms with Crippen LogP contribution >= 0.6 is 0 Å². The van der Waals surface area contributed by atoms with Crippen LogP contribution in [0.2, 0.25) is 0 Å². The number of fused-ring (bicyclic) bond motifs is 2. The van der Waals surface area contributed by atoms with Crippen molar-refractivity contribution in [3.05, 3.63) is 60.1 Å². The molecule has 37 heavy (non-hydrogen) atoms. The Morgan fingerprint density at radius 3 is 2.68 bits per heavy atom. The molecule has 4 heterocycles. The third-order valence-electron chi connectivity index (χ3n) is 7.17. The van der Waals surface area contributed by atoms with Gasteiger partial charge in [-0.25, -0.2) is 0 Å². The molecule has 1 saturated heterocycles. The van der Waals surface area contributed by atoms with E-state index in [9.17, 15) is 18.0 Å². The topological polar surface area (TPSA) is 63.7 Å². The number of ether oxygens (including phenoxy) is 1. The number of likely N-dealkylation sites (tertiary alicyclic amines) is 1. The molecule has 0 bridgehead atoms. The number of hydrogen-bond donors (Lipinski definition) is 0. The molecule has 4 aromatic rings. The largest absolute Gasteiger partial charge is 0.496 e. The van der Waals surface area contributed by atoms with Crippen molar-refractivity contribution in [2.24, 2.45) is 0 Å². The third-order valence-corrected chi connectivity index (χ3v) is 7.17. The SMILES string of the molecule is COc1cc(-c2coc3cc(-c4cnn(C5CN(C)C5)c4)ccc23)cc2c1C(=O)N(CC(F)(F)F)CC2. The Morgan fingerprint density at radius 1 is 1.14 bits per heavy atom. The van der Waals surface area contributed by atoms with Gasteiger partial charge in [0.15, 0.2) is 0 Å². The molecule has 1 fully saturated rings. The predicted octanol–water partition coefficient (Wildman–Crippen LogP) is 5.02. The summed E-state index contributed by atoms with van der Waals surface area (Å²) in [6, 6.07) is 9.90. The van der Waals surface area contributed by atoms with Crippen LogP contribution in [0.15, 0.2) is 53.4 Å². The smallest absolute Gasteiger partial charge is 0.406 e. The van der Waals surface area contributed by atoms with Gasteiger partial charge in [-0.1, -0.05) is 6.07 Å². The van der Waals surface area contributed by atoms with E-state index in [1.54, 1.807) is 12.3 Å². The lowest BCUT2D eigenvalue weighted by molar-refractivity contribution is -0.141. The van der Waals surface area contributed by atoms with Crippen LogP contribution in [0.1, 0.15) is 22.0 Å². The Kier molecular flexibility index (Phi) is 5.52. The van der Waals surface area contributed by atoms with Crippen LogP contribution in [-0.4, -0.2) is 72.0 Å². The first-order valence-electron chi connectivity index (χ1n) is 12.0. The number of aromatic nitrogens is 2. The van der Waals surface area contributed by atoms with Crippen molar-refractivity contribution in [1.29, 1.82) is 0 Å². The first-order valence-corrected chi connectivity index (χ1v) is 12.0. The molecular formula is C27H25F3N4O3. The molecule has 0 radical (unpaired) electrons. The number of likely N-dealkylation sites (N-methyl/N-ethyl adjacent to an activating group) is 1. The molecule has 0 saturated carbocycles. The van der Waals surface area contributed by atoms with E-state index in [0.29, 0.717) is 23.6 Å². The van der Waals surface area contributed by atoms with E-state index in [-0.39, 0.29) is 17.9 Å². The number of hydrogen-bond acceptors (Lipinski definition) is 5. The summed E-state index contributed by atoms with van der Waals surface area (Å²) in [6.45, 7) is 0.690. The number of carbonyl (C=O) groups excluding carboxylic acids is 1. The van der Waals surface area contributed by atoms with Gasteiger partial charge in [0.25, 0.3) is 5.91 Å². The van der Waals surface area contributed by atoms with Crippen LogP contribution in [0.5, 0.6) is 5.75 Å². The zero-order valence-electron chi connectivity index (χ0n) is 20.4. The average molecular weight is 511 g/mol. The zero-order valence-corrected chi connectivity index (χ0v) is 20.4. The number of amides is 1. The van der Waals surface area contributed by atoms with Gasteiger partial charge in [0.05, 0.1) is 31.2 Å². The fourth-order valence-corrected chi connectivity index (χ4v) is 5.26. The fourth-order valence-electron chi connectivity index (χ4n) is 5.26. The van der Waals surface area contributed by atoms with Crippen molar-refractivity contribution in [3.63, 3.8) is 0 Å². The van der Waals surface area contributed by atoms with Gasteiger partial charge >= 0.3 is 6.18 Å². The maximum atomic E-state index is 12.9. The molecule has 0 aliphatic carbocycles. The van der Waals surface area contributed by atoms with Crippen molar-refractivity contribution in [2.75, 3.05) is 40.3 Å². The van der Waals surface area contributed by atoms with Crippen molar-refractivity contribution >= 4 is 16.9 Å². The minimum atomic E-state index is -4.46. The highest BCUT2D eigenvalue weighted by atomic mass is 19.4. The number of halogens is 3. The monoisotopic (exact) mass is 510 g/mol. The molecular weight excluding hydrogens is 485 g/mol. The summed E-state index contributed by atoms with van der Waals surface area (Å²) in [5, 5.41) is 5.41. The number of nitrogens with zero attached hydrogens (tertiary/aromatic N) is 4. The molecule has 192 valence electrons. The van der Waals surface area contributed by atoms with Crippen LogP contribution in [0.25, 0.3) is 33.2 Å². The lowest BCUT2D eigenvalue weighted by atomic mass is 9.92. The minimum Gasteiger partial charge on any atom is -0.496 e. The molecule has 2 aliphatic heterocycles.